The second-order valence-corrected chi connectivity index (χ2v) is 13.0. The molecular weight excluding hydrogens is 631 g/mol. The Morgan fingerprint density at radius 3 is 1.88 bits per heavy atom. The first-order chi connectivity index (χ1) is 27.3. The van der Waals surface area contributed by atoms with E-state index in [2.05, 4.69) is 12.1 Å². The monoisotopic (exact) mass is 663 g/mol. The number of fused-ring (bicyclic) bond motifs is 6. The van der Waals surface area contributed by atoms with Crippen molar-refractivity contribution in [1.82, 2.24) is 15.0 Å². The van der Waals surface area contributed by atoms with E-state index in [1.165, 1.54) is 4.70 Å². The predicted molar refractivity (Wildman–Crippen MR) is 207 cm³/mol. The number of benzene rings is 7. The van der Waals surface area contributed by atoms with Crippen LogP contribution in [0.25, 0.3) is 98.5 Å². The van der Waals surface area contributed by atoms with Gasteiger partial charge in [0.05, 0.1) is 8.22 Å². The molecule has 0 bridgehead atoms. The summed E-state index contributed by atoms with van der Waals surface area (Å²) in [6.07, 6.45) is 0. The molecule has 5 heteroatoms. The van der Waals surface area contributed by atoms with E-state index in [1.807, 2.05) is 115 Å². The van der Waals surface area contributed by atoms with E-state index in [4.69, 9.17) is 23.5 Å². The summed E-state index contributed by atoms with van der Waals surface area (Å²) >= 11 is 1.70. The number of hydrogen-bond acceptors (Lipinski definition) is 5. The van der Waals surface area contributed by atoms with Crippen LogP contribution in [0.4, 0.5) is 0 Å². The van der Waals surface area contributed by atoms with Crippen molar-refractivity contribution in [3.63, 3.8) is 0 Å². The molecule has 0 radical (unpaired) electrons. The highest BCUT2D eigenvalue weighted by molar-refractivity contribution is 7.25. The van der Waals surface area contributed by atoms with Gasteiger partial charge in [0.15, 0.2) is 17.5 Å². The highest BCUT2D eigenvalue weighted by Crippen LogP contribution is 2.39. The molecule has 0 fully saturated rings. The van der Waals surface area contributed by atoms with Crippen LogP contribution in [-0.4, -0.2) is 15.0 Å². The third-order valence-corrected chi connectivity index (χ3v) is 10.0. The Kier molecular flexibility index (Phi) is 5.35. The van der Waals surface area contributed by atoms with E-state index >= 15 is 0 Å². The van der Waals surface area contributed by atoms with Gasteiger partial charge in [-0.1, -0.05) is 127 Å². The van der Waals surface area contributed by atoms with Crippen LogP contribution >= 0.6 is 11.3 Å². The summed E-state index contributed by atoms with van der Waals surface area (Å²) in [5.74, 6) is 0.705. The predicted octanol–water partition coefficient (Wildman–Crippen LogP) is 12.5. The van der Waals surface area contributed by atoms with Crippen LogP contribution in [0.2, 0.25) is 0 Å². The van der Waals surface area contributed by atoms with Crippen LogP contribution in [0.1, 0.15) is 8.22 Å². The molecule has 7 aromatic carbocycles. The quantitative estimate of drug-likeness (QED) is 0.184. The van der Waals surface area contributed by atoms with Gasteiger partial charge in [0.1, 0.15) is 11.2 Å². The van der Waals surface area contributed by atoms with Crippen LogP contribution in [0, 0.1) is 0 Å². The third kappa shape index (κ3) is 4.87. The van der Waals surface area contributed by atoms with Crippen LogP contribution in [0.3, 0.4) is 0 Å². The van der Waals surface area contributed by atoms with E-state index in [0.29, 0.717) is 22.8 Å². The van der Waals surface area contributed by atoms with Gasteiger partial charge >= 0.3 is 0 Å². The number of nitrogens with zero attached hydrogens (tertiary/aromatic N) is 3. The van der Waals surface area contributed by atoms with Crippen molar-refractivity contribution in [2.45, 2.75) is 0 Å². The Morgan fingerprint density at radius 1 is 0.460 bits per heavy atom. The lowest BCUT2D eigenvalue weighted by atomic mass is 9.99. The molecule has 3 heterocycles. The first kappa shape index (κ1) is 23.0. The summed E-state index contributed by atoms with van der Waals surface area (Å²) in [6, 6.07) is 39.3. The van der Waals surface area contributed by atoms with Gasteiger partial charge in [0, 0.05) is 53.2 Å². The maximum absolute atomic E-state index is 9.50. The molecule has 50 heavy (non-hydrogen) atoms. The summed E-state index contributed by atoms with van der Waals surface area (Å²) in [5.41, 5.74) is 4.31. The zero-order valence-electron chi connectivity index (χ0n) is 32.3. The van der Waals surface area contributed by atoms with Crippen molar-refractivity contribution in [2.75, 3.05) is 0 Å². The Labute approximate surface area is 300 Å². The number of aromatic nitrogens is 3. The SMILES string of the molecule is [2H]c1c([2H])c([2H])c2c(oc3c([2H])c(-c4nc(-c5ccccc5)nc(-c5ccc6sc7ccccc7c6c5)n4)c([2H])c([2H])c32)c1-c1ccc(-c2ccccc2)cc1. The van der Waals surface area contributed by atoms with Gasteiger partial charge in [-0.2, -0.15) is 0 Å². The van der Waals surface area contributed by atoms with Crippen LogP contribution in [-0.2, 0) is 0 Å². The average molecular weight is 664 g/mol. The van der Waals surface area contributed by atoms with Crippen molar-refractivity contribution in [3.05, 3.63) is 164 Å². The van der Waals surface area contributed by atoms with Gasteiger partial charge in [-0.15, -0.1) is 11.3 Å². The largest absolute Gasteiger partial charge is 0.455 e. The molecule has 10 rings (SSSR count). The number of thiophene rings is 1. The van der Waals surface area contributed by atoms with Crippen LogP contribution in [0.5, 0.6) is 0 Å². The van der Waals surface area contributed by atoms with E-state index in [1.54, 1.807) is 11.3 Å². The standard InChI is InChI=1S/C45H27N3OS/c1-3-10-28(11-4-1)29-18-20-30(21-19-29)34-15-9-16-37-35-24-22-33(27-39(35)49-42(34)37)45-47-43(31-12-5-2-6-13-31)46-44(48-45)32-23-25-41-38(26-32)36-14-7-8-17-40(36)50-41/h1-27H/i9D,15D,16D,22D,24D,27D. The summed E-state index contributed by atoms with van der Waals surface area (Å²) in [7, 11) is 0. The van der Waals surface area contributed by atoms with Gasteiger partial charge in [-0.3, -0.25) is 0 Å². The van der Waals surface area contributed by atoms with Crippen molar-refractivity contribution in [2.24, 2.45) is 0 Å². The molecule has 10 aromatic rings. The maximum atomic E-state index is 9.50. The minimum atomic E-state index is -0.339. The van der Waals surface area contributed by atoms with Crippen molar-refractivity contribution < 1.29 is 12.6 Å². The van der Waals surface area contributed by atoms with Gasteiger partial charge in [0.25, 0.3) is 0 Å². The Balaban J connectivity index is 1.20. The molecule has 0 spiro atoms. The molecule has 0 aliphatic rings. The summed E-state index contributed by atoms with van der Waals surface area (Å²) in [6.45, 7) is 0. The number of furan rings is 1. The Hall–Kier alpha value is -6.43. The zero-order chi connectivity index (χ0) is 38.2. The fourth-order valence-corrected chi connectivity index (χ4v) is 7.48. The molecular formula is C45H27N3OS. The fourth-order valence-electron chi connectivity index (χ4n) is 6.39. The molecule has 3 aromatic heterocycles. The highest BCUT2D eigenvalue weighted by atomic mass is 32.1. The maximum Gasteiger partial charge on any atom is 0.164 e. The highest BCUT2D eigenvalue weighted by Gasteiger charge is 2.17. The van der Waals surface area contributed by atoms with E-state index < -0.39 is 0 Å². The fraction of sp³-hybridized carbons (Fsp3) is 0. The lowest BCUT2D eigenvalue weighted by molar-refractivity contribution is 0.670. The lowest BCUT2D eigenvalue weighted by Crippen LogP contribution is -2.00. The average Bonchev–Trinajstić information content (AvgIpc) is 3.82. The summed E-state index contributed by atoms with van der Waals surface area (Å²) in [4.78, 5) is 14.5. The zero-order valence-corrected chi connectivity index (χ0v) is 27.1. The van der Waals surface area contributed by atoms with E-state index in [0.717, 1.165) is 32.2 Å². The molecule has 0 amide bonds. The summed E-state index contributed by atoms with van der Waals surface area (Å²) < 4.78 is 63.4. The first-order valence-electron chi connectivity index (χ1n) is 19.1. The first-order valence-corrected chi connectivity index (χ1v) is 16.9. The van der Waals surface area contributed by atoms with Gasteiger partial charge in [-0.25, -0.2) is 15.0 Å². The normalized spacial score (nSPS) is 13.3. The minimum absolute atomic E-state index is 0.0260. The molecule has 4 nitrogen and oxygen atoms in total. The number of rotatable bonds is 5. The Bertz CT molecular complexity index is 3200. The number of hydrogen-bond donors (Lipinski definition) is 0. The minimum Gasteiger partial charge on any atom is -0.455 e. The van der Waals surface area contributed by atoms with E-state index in [-0.39, 0.29) is 75.1 Å². The smallest absolute Gasteiger partial charge is 0.164 e. The molecule has 0 aliphatic heterocycles. The van der Waals surface area contributed by atoms with Crippen LogP contribution in [0.15, 0.2) is 168 Å². The van der Waals surface area contributed by atoms with Gasteiger partial charge in [-0.05, 0) is 53.0 Å². The molecule has 234 valence electrons. The molecule has 0 unspecified atom stereocenters. The molecule has 0 aliphatic carbocycles. The molecule has 0 saturated carbocycles. The van der Waals surface area contributed by atoms with Gasteiger partial charge in [0.2, 0.25) is 0 Å². The van der Waals surface area contributed by atoms with Crippen molar-refractivity contribution >= 4 is 53.4 Å². The van der Waals surface area contributed by atoms with Crippen molar-refractivity contribution in [3.8, 4) is 56.4 Å². The topological polar surface area (TPSA) is 51.8 Å². The van der Waals surface area contributed by atoms with Gasteiger partial charge < -0.3 is 4.42 Å². The number of para-hydroxylation sites is 1. The second kappa shape index (κ2) is 11.6. The molecule has 0 saturated heterocycles. The molecule has 0 N–H and O–H groups in total. The summed E-state index contributed by atoms with van der Waals surface area (Å²) in [5, 5.41) is 2.35. The lowest BCUT2D eigenvalue weighted by Gasteiger charge is -2.08. The van der Waals surface area contributed by atoms with E-state index in [9.17, 15) is 4.11 Å². The third-order valence-electron chi connectivity index (χ3n) is 8.87. The second-order valence-electron chi connectivity index (χ2n) is 11.9. The van der Waals surface area contributed by atoms with Crippen molar-refractivity contribution in [1.29, 1.82) is 0 Å². The Morgan fingerprint density at radius 2 is 1.08 bits per heavy atom. The van der Waals surface area contributed by atoms with Crippen LogP contribution < -0.4 is 0 Å². The molecule has 0 atom stereocenters.